The summed E-state index contributed by atoms with van der Waals surface area (Å²) in [6, 6.07) is -0.253. The number of nitrogens with zero attached hydrogens (tertiary/aromatic N) is 3. The fraction of sp³-hybridized carbons (Fsp3) is 0.632. The molecular weight excluding hydrogens is 346 g/mol. The second-order valence-corrected chi connectivity index (χ2v) is 6.96. The number of anilines is 1. The highest BCUT2D eigenvalue weighted by atomic mass is 16.5. The van der Waals surface area contributed by atoms with Gasteiger partial charge in [-0.2, -0.15) is 0 Å². The van der Waals surface area contributed by atoms with E-state index in [1.165, 1.54) is 6.33 Å². The molecule has 0 bridgehead atoms. The molecule has 8 heteroatoms. The Hall–Kier alpha value is -2.19. The first-order valence-corrected chi connectivity index (χ1v) is 9.57. The molecule has 0 aliphatic carbocycles. The predicted molar refractivity (Wildman–Crippen MR) is 104 cm³/mol. The number of methoxy groups -OCH3 is 1. The van der Waals surface area contributed by atoms with E-state index in [1.807, 2.05) is 6.92 Å². The zero-order valence-corrected chi connectivity index (χ0v) is 16.4. The lowest BCUT2D eigenvalue weighted by molar-refractivity contribution is 0.0974. The van der Waals surface area contributed by atoms with Gasteiger partial charge in [0.2, 0.25) is 0 Å². The number of aryl methyl sites for hydroxylation is 1. The molecule has 1 fully saturated rings. The van der Waals surface area contributed by atoms with Gasteiger partial charge in [-0.3, -0.25) is 5.32 Å². The summed E-state index contributed by atoms with van der Waals surface area (Å²) in [7, 11) is 1.68. The average Bonchev–Trinajstić information content (AvgIpc) is 3.25. The van der Waals surface area contributed by atoms with Crippen molar-refractivity contribution in [3.8, 4) is 0 Å². The number of carbonyl (C=O) groups excluding carboxylic acids is 1. The zero-order chi connectivity index (χ0) is 19.2. The number of urea groups is 1. The van der Waals surface area contributed by atoms with Gasteiger partial charge in [0.1, 0.15) is 17.8 Å². The summed E-state index contributed by atoms with van der Waals surface area (Å²) in [6.07, 6.45) is 5.69. The van der Waals surface area contributed by atoms with E-state index in [1.54, 1.807) is 7.11 Å². The molecule has 0 spiro atoms. The molecule has 148 valence electrons. The topological polar surface area (TPSA) is 90.3 Å². The van der Waals surface area contributed by atoms with Gasteiger partial charge < -0.3 is 19.4 Å². The Morgan fingerprint density at radius 3 is 2.96 bits per heavy atom. The Morgan fingerprint density at radius 2 is 2.22 bits per heavy atom. The molecule has 0 aromatic carbocycles. The van der Waals surface area contributed by atoms with Crippen LogP contribution in [0.1, 0.15) is 36.9 Å². The summed E-state index contributed by atoms with van der Waals surface area (Å²) in [4.78, 5) is 21.0. The standard InChI is InChI=1S/C19H29N5O3/c1-13-14(2)24(11-15-7-6-10-27-15)18-16(13)17(21-12-22-18)23-19(25)20-8-4-5-9-26-3/h12,15H,4-11H2,1-3H3,(H2,20,21,22,23,25)/t15-/m0/s1. The molecule has 0 unspecified atom stereocenters. The van der Waals surface area contributed by atoms with Crippen molar-refractivity contribution in [1.82, 2.24) is 19.9 Å². The van der Waals surface area contributed by atoms with Crippen LogP contribution < -0.4 is 10.6 Å². The molecule has 1 aliphatic rings. The van der Waals surface area contributed by atoms with Crippen molar-refractivity contribution in [1.29, 1.82) is 0 Å². The first-order valence-electron chi connectivity index (χ1n) is 9.57. The summed E-state index contributed by atoms with van der Waals surface area (Å²) < 4.78 is 13.0. The van der Waals surface area contributed by atoms with E-state index in [0.29, 0.717) is 19.0 Å². The number of fused-ring (bicyclic) bond motifs is 1. The molecule has 1 aliphatic heterocycles. The van der Waals surface area contributed by atoms with Crippen LogP contribution in [0.3, 0.4) is 0 Å². The lowest BCUT2D eigenvalue weighted by atomic mass is 10.2. The van der Waals surface area contributed by atoms with E-state index >= 15 is 0 Å². The Morgan fingerprint density at radius 1 is 1.37 bits per heavy atom. The second kappa shape index (κ2) is 9.14. The Balaban J connectivity index is 1.73. The van der Waals surface area contributed by atoms with Crippen molar-refractivity contribution >= 4 is 22.9 Å². The zero-order valence-electron chi connectivity index (χ0n) is 16.4. The number of rotatable bonds is 8. The second-order valence-electron chi connectivity index (χ2n) is 6.96. The van der Waals surface area contributed by atoms with Gasteiger partial charge in [-0.05, 0) is 45.1 Å². The van der Waals surface area contributed by atoms with Gasteiger partial charge in [0, 0.05) is 32.6 Å². The molecule has 1 saturated heterocycles. The molecule has 0 radical (unpaired) electrons. The van der Waals surface area contributed by atoms with Crippen molar-refractivity contribution in [3.05, 3.63) is 17.6 Å². The normalized spacial score (nSPS) is 16.8. The number of ether oxygens (including phenoxy) is 2. The summed E-state index contributed by atoms with van der Waals surface area (Å²) in [5, 5.41) is 6.63. The van der Waals surface area contributed by atoms with E-state index < -0.39 is 0 Å². The minimum atomic E-state index is -0.253. The molecule has 3 heterocycles. The van der Waals surface area contributed by atoms with Crippen molar-refractivity contribution < 1.29 is 14.3 Å². The summed E-state index contributed by atoms with van der Waals surface area (Å²) in [5.41, 5.74) is 3.05. The third-order valence-electron chi connectivity index (χ3n) is 5.11. The Labute approximate surface area is 159 Å². The Kier molecular flexibility index (Phi) is 6.63. The molecule has 2 aromatic rings. The van der Waals surface area contributed by atoms with Crippen LogP contribution in [0, 0.1) is 13.8 Å². The largest absolute Gasteiger partial charge is 0.385 e. The van der Waals surface area contributed by atoms with Crippen molar-refractivity contribution in [3.63, 3.8) is 0 Å². The van der Waals surface area contributed by atoms with Crippen LogP contribution >= 0.6 is 0 Å². The number of hydrogen-bond acceptors (Lipinski definition) is 5. The minimum absolute atomic E-state index is 0.223. The maximum atomic E-state index is 12.2. The van der Waals surface area contributed by atoms with E-state index in [9.17, 15) is 4.79 Å². The monoisotopic (exact) mass is 375 g/mol. The summed E-state index contributed by atoms with van der Waals surface area (Å²) in [6.45, 7) is 7.02. The smallest absolute Gasteiger partial charge is 0.320 e. The SMILES string of the molecule is COCCCCNC(=O)Nc1ncnc2c1c(C)c(C)n2C[C@@H]1CCCO1. The van der Waals surface area contributed by atoms with Crippen molar-refractivity contribution in [2.45, 2.75) is 52.2 Å². The molecule has 2 N–H and O–H groups in total. The van der Waals surface area contributed by atoms with Crippen LogP contribution in [0.2, 0.25) is 0 Å². The molecule has 3 rings (SSSR count). The van der Waals surface area contributed by atoms with E-state index in [4.69, 9.17) is 9.47 Å². The molecule has 2 aromatic heterocycles. The Bertz CT molecular complexity index is 783. The van der Waals surface area contributed by atoms with Gasteiger partial charge in [0.25, 0.3) is 0 Å². The first-order chi connectivity index (χ1) is 13.1. The summed E-state index contributed by atoms with van der Waals surface area (Å²) >= 11 is 0. The molecule has 1 atom stereocenters. The number of aromatic nitrogens is 3. The van der Waals surface area contributed by atoms with Crippen LogP contribution in [-0.4, -0.2) is 53.5 Å². The fourth-order valence-electron chi connectivity index (χ4n) is 3.50. The summed E-state index contributed by atoms with van der Waals surface area (Å²) in [5.74, 6) is 0.543. The number of hydrogen-bond donors (Lipinski definition) is 2. The van der Waals surface area contributed by atoms with Gasteiger partial charge in [-0.1, -0.05) is 0 Å². The highest BCUT2D eigenvalue weighted by Crippen LogP contribution is 2.29. The van der Waals surface area contributed by atoms with Crippen LogP contribution in [-0.2, 0) is 16.0 Å². The number of amides is 2. The van der Waals surface area contributed by atoms with Gasteiger partial charge in [-0.25, -0.2) is 14.8 Å². The number of nitrogens with one attached hydrogen (secondary N) is 2. The van der Waals surface area contributed by atoms with E-state index in [-0.39, 0.29) is 12.1 Å². The van der Waals surface area contributed by atoms with Gasteiger partial charge in [0.15, 0.2) is 0 Å². The number of unbranched alkanes of at least 4 members (excludes halogenated alkanes) is 1. The predicted octanol–water partition coefficient (Wildman–Crippen LogP) is 2.78. The molecule has 8 nitrogen and oxygen atoms in total. The highest BCUT2D eigenvalue weighted by molar-refractivity contribution is 5.99. The third-order valence-corrected chi connectivity index (χ3v) is 5.11. The van der Waals surface area contributed by atoms with E-state index in [0.717, 1.165) is 61.1 Å². The number of carbonyl (C=O) groups is 1. The third kappa shape index (κ3) is 4.56. The highest BCUT2D eigenvalue weighted by Gasteiger charge is 2.22. The lowest BCUT2D eigenvalue weighted by Crippen LogP contribution is -2.30. The average molecular weight is 375 g/mol. The quantitative estimate of drug-likeness (QED) is 0.693. The first kappa shape index (κ1) is 19.6. The van der Waals surface area contributed by atoms with E-state index in [2.05, 4.69) is 32.1 Å². The fourth-order valence-corrected chi connectivity index (χ4v) is 3.50. The van der Waals surface area contributed by atoms with Crippen LogP contribution in [0.25, 0.3) is 11.0 Å². The van der Waals surface area contributed by atoms with Crippen molar-refractivity contribution in [2.75, 3.05) is 32.2 Å². The van der Waals surface area contributed by atoms with Gasteiger partial charge in [-0.15, -0.1) is 0 Å². The maximum Gasteiger partial charge on any atom is 0.320 e. The molecule has 0 saturated carbocycles. The molecule has 27 heavy (non-hydrogen) atoms. The van der Waals surface area contributed by atoms with Crippen LogP contribution in [0.15, 0.2) is 6.33 Å². The van der Waals surface area contributed by atoms with Gasteiger partial charge >= 0.3 is 6.03 Å². The molecular formula is C19H29N5O3. The maximum absolute atomic E-state index is 12.2. The molecule has 2 amide bonds. The van der Waals surface area contributed by atoms with Crippen LogP contribution in [0.4, 0.5) is 10.6 Å². The van der Waals surface area contributed by atoms with Gasteiger partial charge in [0.05, 0.1) is 18.0 Å². The minimum Gasteiger partial charge on any atom is -0.385 e. The van der Waals surface area contributed by atoms with Crippen LogP contribution in [0.5, 0.6) is 0 Å². The van der Waals surface area contributed by atoms with Crippen molar-refractivity contribution in [2.24, 2.45) is 0 Å². The lowest BCUT2D eigenvalue weighted by Gasteiger charge is -2.13.